The molecule has 0 radical (unpaired) electrons. The first kappa shape index (κ1) is 10.7. The van der Waals surface area contributed by atoms with Gasteiger partial charge in [0.1, 0.15) is 10.0 Å². The first-order chi connectivity index (χ1) is 5.99. The molecule has 1 aliphatic carbocycles. The Hall–Kier alpha value is -0.410. The second-order valence-corrected chi connectivity index (χ2v) is 4.34. The van der Waals surface area contributed by atoms with Crippen molar-refractivity contribution in [3.05, 3.63) is 11.4 Å². The zero-order valence-corrected chi connectivity index (χ0v) is 8.90. The van der Waals surface area contributed by atoms with Crippen molar-refractivity contribution in [2.45, 2.75) is 17.7 Å². The van der Waals surface area contributed by atoms with E-state index in [-0.39, 0.29) is 12.3 Å². The predicted octanol–water partition coefficient (Wildman–Crippen LogP) is 1.26. The van der Waals surface area contributed by atoms with Gasteiger partial charge in [0.15, 0.2) is 5.78 Å². The average molecular weight is 223 g/mol. The molecule has 3 nitrogen and oxygen atoms in total. The Kier molecular flexibility index (Phi) is 3.09. The van der Waals surface area contributed by atoms with Gasteiger partial charge in [0, 0.05) is 13.2 Å². The summed E-state index contributed by atoms with van der Waals surface area (Å²) in [5, 5.41) is 0.356. The van der Waals surface area contributed by atoms with Crippen LogP contribution in [0.2, 0.25) is 0 Å². The fourth-order valence-corrected chi connectivity index (χ4v) is 1.16. The van der Waals surface area contributed by atoms with E-state index in [0.717, 1.165) is 12.8 Å². The third-order valence-corrected chi connectivity index (χ3v) is 3.07. The average Bonchev–Trinajstić information content (AvgIpc) is 2.83. The number of halogens is 2. The molecule has 13 heavy (non-hydrogen) atoms. The van der Waals surface area contributed by atoms with Crippen molar-refractivity contribution in [1.82, 2.24) is 4.90 Å². The van der Waals surface area contributed by atoms with E-state index in [0.29, 0.717) is 5.16 Å². The summed E-state index contributed by atoms with van der Waals surface area (Å²) < 4.78 is 0. The fourth-order valence-electron chi connectivity index (χ4n) is 0.948. The van der Waals surface area contributed by atoms with E-state index in [1.165, 1.54) is 6.20 Å². The molecular weight excluding hydrogens is 211 g/mol. The van der Waals surface area contributed by atoms with Crippen LogP contribution in [-0.4, -0.2) is 29.1 Å². The molecule has 74 valence electrons. The maximum Gasteiger partial charge on any atom is 0.172 e. The highest BCUT2D eigenvalue weighted by molar-refractivity contribution is 6.38. The Morgan fingerprint density at radius 1 is 1.69 bits per heavy atom. The molecule has 0 unspecified atom stereocenters. The molecule has 0 aromatic heterocycles. The summed E-state index contributed by atoms with van der Waals surface area (Å²) >= 11 is 11.6. The van der Waals surface area contributed by atoms with E-state index in [1.54, 1.807) is 11.9 Å². The lowest BCUT2D eigenvalue weighted by molar-refractivity contribution is -0.119. The molecule has 0 atom stereocenters. The monoisotopic (exact) mass is 222 g/mol. The molecule has 0 aromatic carbocycles. The Morgan fingerprint density at radius 2 is 2.23 bits per heavy atom. The van der Waals surface area contributed by atoms with Crippen LogP contribution < -0.4 is 5.73 Å². The largest absolute Gasteiger partial charge is 0.402 e. The van der Waals surface area contributed by atoms with E-state index >= 15 is 0 Å². The van der Waals surface area contributed by atoms with E-state index in [1.807, 2.05) is 0 Å². The summed E-state index contributed by atoms with van der Waals surface area (Å²) in [6.07, 6.45) is 2.79. The van der Waals surface area contributed by atoms with Crippen LogP contribution in [0.5, 0.6) is 0 Å². The van der Waals surface area contributed by atoms with Gasteiger partial charge in [0.05, 0.1) is 6.54 Å². The zero-order valence-electron chi connectivity index (χ0n) is 7.39. The van der Waals surface area contributed by atoms with E-state index in [2.05, 4.69) is 0 Å². The Labute approximate surface area is 87.5 Å². The SMILES string of the molecule is CN(CC(=O)C1(Cl)CC1)/C(Cl)=C\N. The zero-order chi connectivity index (χ0) is 10.1. The third kappa shape index (κ3) is 2.51. The van der Waals surface area contributed by atoms with Crippen molar-refractivity contribution in [3.8, 4) is 0 Å². The molecule has 1 rings (SSSR count). The van der Waals surface area contributed by atoms with Crippen molar-refractivity contribution in [3.63, 3.8) is 0 Å². The van der Waals surface area contributed by atoms with Crippen LogP contribution in [0, 0.1) is 0 Å². The molecule has 0 aromatic rings. The molecule has 0 spiro atoms. The minimum absolute atomic E-state index is 0.0108. The van der Waals surface area contributed by atoms with Gasteiger partial charge in [-0.2, -0.15) is 0 Å². The van der Waals surface area contributed by atoms with E-state index in [4.69, 9.17) is 28.9 Å². The smallest absolute Gasteiger partial charge is 0.172 e. The van der Waals surface area contributed by atoms with Gasteiger partial charge < -0.3 is 10.6 Å². The van der Waals surface area contributed by atoms with Crippen LogP contribution in [-0.2, 0) is 4.79 Å². The second kappa shape index (κ2) is 3.76. The van der Waals surface area contributed by atoms with Crippen molar-refractivity contribution < 1.29 is 4.79 Å². The Bertz CT molecular complexity index is 249. The summed E-state index contributed by atoms with van der Waals surface area (Å²) in [5.41, 5.74) is 5.19. The van der Waals surface area contributed by atoms with Crippen molar-refractivity contribution in [2.75, 3.05) is 13.6 Å². The highest BCUT2D eigenvalue weighted by Crippen LogP contribution is 2.43. The third-order valence-electron chi connectivity index (χ3n) is 2.07. The molecule has 0 aliphatic heterocycles. The minimum atomic E-state index is -0.611. The van der Waals surface area contributed by atoms with E-state index < -0.39 is 4.87 Å². The fraction of sp³-hybridized carbons (Fsp3) is 0.625. The van der Waals surface area contributed by atoms with Gasteiger partial charge in [-0.15, -0.1) is 11.6 Å². The van der Waals surface area contributed by atoms with Gasteiger partial charge in [-0.3, -0.25) is 4.79 Å². The Morgan fingerprint density at radius 3 is 2.62 bits per heavy atom. The molecule has 1 fully saturated rings. The molecule has 1 aliphatic rings. The van der Waals surface area contributed by atoms with Crippen LogP contribution in [0.25, 0.3) is 0 Å². The molecule has 0 saturated heterocycles. The summed E-state index contributed by atoms with van der Waals surface area (Å²) in [6.45, 7) is 0.218. The van der Waals surface area contributed by atoms with Crippen LogP contribution in [0.15, 0.2) is 11.4 Å². The maximum absolute atomic E-state index is 11.5. The van der Waals surface area contributed by atoms with Gasteiger partial charge in [-0.1, -0.05) is 11.6 Å². The quantitative estimate of drug-likeness (QED) is 0.576. The van der Waals surface area contributed by atoms with E-state index in [9.17, 15) is 4.79 Å². The number of Topliss-reactive ketones (excluding diaryl/α,β-unsaturated/α-hetero) is 1. The number of hydrogen-bond acceptors (Lipinski definition) is 3. The number of hydrogen-bond donors (Lipinski definition) is 1. The van der Waals surface area contributed by atoms with Crippen LogP contribution in [0.4, 0.5) is 0 Å². The first-order valence-electron chi connectivity index (χ1n) is 4.00. The number of likely N-dealkylation sites (N-methyl/N-ethyl adjacent to an activating group) is 1. The topological polar surface area (TPSA) is 46.3 Å². The molecule has 1 saturated carbocycles. The number of alkyl halides is 1. The molecule has 0 bridgehead atoms. The summed E-state index contributed by atoms with van der Waals surface area (Å²) in [5.74, 6) is 0.0108. The second-order valence-electron chi connectivity index (χ2n) is 3.23. The highest BCUT2D eigenvalue weighted by atomic mass is 35.5. The van der Waals surface area contributed by atoms with Crippen LogP contribution >= 0.6 is 23.2 Å². The molecule has 0 amide bonds. The molecular formula is C8H12Cl2N2O. The lowest BCUT2D eigenvalue weighted by Crippen LogP contribution is -2.30. The minimum Gasteiger partial charge on any atom is -0.402 e. The normalized spacial score (nSPS) is 19.8. The van der Waals surface area contributed by atoms with Gasteiger partial charge in [0.25, 0.3) is 0 Å². The van der Waals surface area contributed by atoms with Crippen LogP contribution in [0.3, 0.4) is 0 Å². The lowest BCUT2D eigenvalue weighted by atomic mass is 10.2. The summed E-state index contributed by atoms with van der Waals surface area (Å²) in [4.78, 5) is 12.4. The number of ketones is 1. The van der Waals surface area contributed by atoms with Gasteiger partial charge >= 0.3 is 0 Å². The Balaban J connectivity index is 2.45. The van der Waals surface area contributed by atoms with Crippen molar-refractivity contribution in [2.24, 2.45) is 5.73 Å². The molecule has 0 heterocycles. The number of nitrogens with zero attached hydrogens (tertiary/aromatic N) is 1. The van der Waals surface area contributed by atoms with Crippen LogP contribution in [0.1, 0.15) is 12.8 Å². The number of carbonyl (C=O) groups is 1. The number of carbonyl (C=O) groups excluding carboxylic acids is 1. The summed E-state index contributed by atoms with van der Waals surface area (Å²) in [7, 11) is 1.70. The van der Waals surface area contributed by atoms with Gasteiger partial charge in [0.2, 0.25) is 0 Å². The highest BCUT2D eigenvalue weighted by Gasteiger charge is 2.47. The molecule has 5 heteroatoms. The molecule has 2 N–H and O–H groups in total. The van der Waals surface area contributed by atoms with Gasteiger partial charge in [-0.05, 0) is 12.8 Å². The van der Waals surface area contributed by atoms with Crippen molar-refractivity contribution >= 4 is 29.0 Å². The number of nitrogens with two attached hydrogens (primary N) is 1. The standard InChI is InChI=1S/C8H12Cl2N2O/c1-12(7(9)4-11)5-6(13)8(10)2-3-8/h4H,2-3,5,11H2,1H3/b7-4-. The maximum atomic E-state index is 11.5. The summed E-state index contributed by atoms with van der Waals surface area (Å²) in [6, 6.07) is 0. The van der Waals surface area contributed by atoms with Crippen molar-refractivity contribution in [1.29, 1.82) is 0 Å². The lowest BCUT2D eigenvalue weighted by Gasteiger charge is -2.17. The first-order valence-corrected chi connectivity index (χ1v) is 4.76. The number of rotatable bonds is 4. The van der Waals surface area contributed by atoms with Gasteiger partial charge in [-0.25, -0.2) is 0 Å². The predicted molar refractivity (Wildman–Crippen MR) is 53.6 cm³/mol.